The first-order valence-electron chi connectivity index (χ1n) is 11.6. The minimum atomic E-state index is -0.499. The van der Waals surface area contributed by atoms with Crippen molar-refractivity contribution in [2.45, 2.75) is 57.5 Å². The molecule has 3 aliphatic rings. The molecule has 2 fully saturated rings. The number of carbonyl (C=O) groups excluding carboxylic acids is 2. The third-order valence-electron chi connectivity index (χ3n) is 7.07. The van der Waals surface area contributed by atoms with Crippen LogP contribution in [0.2, 0.25) is 0 Å². The van der Waals surface area contributed by atoms with E-state index in [1.807, 2.05) is 18.2 Å². The molecule has 32 heavy (non-hydrogen) atoms. The largest absolute Gasteiger partial charge is 0.493 e. The van der Waals surface area contributed by atoms with Gasteiger partial charge in [-0.25, -0.2) is 5.01 Å². The fourth-order valence-electron chi connectivity index (χ4n) is 5.31. The minimum Gasteiger partial charge on any atom is -0.493 e. The molecule has 1 saturated heterocycles. The number of methoxy groups -OCH3 is 2. The summed E-state index contributed by atoms with van der Waals surface area (Å²) in [5, 5.41) is 6.68. The second kappa shape index (κ2) is 9.48. The minimum absolute atomic E-state index is 0.00217. The standard InChI is InChI=1S/C24H34N4O4/c1-15(25)23(29)27-12-10-17(11-13-27)28-24(30)19-7-5-4-6-18(19)22(26-28)16-8-9-20(31-2)21(14-16)32-3/h8-9,14-15,17-19H,4-7,10-13,25H2,1-3H3/t15-,18-,19+/m0/s1. The lowest BCUT2D eigenvalue weighted by Crippen LogP contribution is -2.54. The number of benzene rings is 1. The molecule has 8 heteroatoms. The Hall–Kier alpha value is -2.61. The van der Waals surface area contributed by atoms with Crippen LogP contribution in [0.15, 0.2) is 23.3 Å². The SMILES string of the molecule is COc1ccc(C2=NN(C3CCN(C(=O)[C@H](C)N)CC3)C(=O)[C@@H]3CCCC[C@H]23)cc1OC. The van der Waals surface area contributed by atoms with Gasteiger partial charge in [-0.1, -0.05) is 12.8 Å². The molecule has 2 N–H and O–H groups in total. The summed E-state index contributed by atoms with van der Waals surface area (Å²) in [5.41, 5.74) is 7.71. The lowest BCUT2D eigenvalue weighted by atomic mass is 9.73. The normalized spacial score (nSPS) is 25.1. The van der Waals surface area contributed by atoms with Crippen molar-refractivity contribution in [2.75, 3.05) is 27.3 Å². The topological polar surface area (TPSA) is 97.5 Å². The molecule has 4 rings (SSSR count). The molecular weight excluding hydrogens is 408 g/mol. The second-order valence-electron chi connectivity index (χ2n) is 9.08. The number of rotatable bonds is 5. The predicted molar refractivity (Wildman–Crippen MR) is 122 cm³/mol. The molecule has 2 aliphatic heterocycles. The number of piperidine rings is 1. The summed E-state index contributed by atoms with van der Waals surface area (Å²) in [6.45, 7) is 2.92. The van der Waals surface area contributed by atoms with E-state index in [9.17, 15) is 9.59 Å². The van der Waals surface area contributed by atoms with Crippen molar-refractivity contribution in [3.63, 3.8) is 0 Å². The number of likely N-dealkylation sites (tertiary alicyclic amines) is 1. The number of nitrogens with two attached hydrogens (primary N) is 1. The molecule has 1 saturated carbocycles. The molecule has 3 atom stereocenters. The van der Waals surface area contributed by atoms with Crippen LogP contribution in [-0.4, -0.2) is 66.8 Å². The highest BCUT2D eigenvalue weighted by molar-refractivity contribution is 6.07. The number of amides is 2. The maximum absolute atomic E-state index is 13.5. The first kappa shape index (κ1) is 22.6. The van der Waals surface area contributed by atoms with E-state index in [2.05, 4.69) is 0 Å². The van der Waals surface area contributed by atoms with Gasteiger partial charge in [-0.3, -0.25) is 9.59 Å². The summed E-state index contributed by atoms with van der Waals surface area (Å²) >= 11 is 0. The van der Waals surface area contributed by atoms with Gasteiger partial charge in [-0.2, -0.15) is 5.10 Å². The van der Waals surface area contributed by atoms with Crippen LogP contribution in [0.25, 0.3) is 0 Å². The zero-order valence-electron chi connectivity index (χ0n) is 19.3. The Kier molecular flexibility index (Phi) is 6.69. The van der Waals surface area contributed by atoms with E-state index < -0.39 is 6.04 Å². The first-order chi connectivity index (χ1) is 15.4. The average molecular weight is 443 g/mol. The van der Waals surface area contributed by atoms with Crippen LogP contribution < -0.4 is 15.2 Å². The summed E-state index contributed by atoms with van der Waals surface area (Å²) < 4.78 is 10.9. The van der Waals surface area contributed by atoms with Crippen LogP contribution in [0.1, 0.15) is 51.0 Å². The van der Waals surface area contributed by atoms with Gasteiger partial charge in [-0.05, 0) is 50.8 Å². The van der Waals surface area contributed by atoms with Crippen molar-refractivity contribution >= 4 is 17.5 Å². The van der Waals surface area contributed by atoms with E-state index in [0.717, 1.165) is 37.0 Å². The lowest BCUT2D eigenvalue weighted by Gasteiger charge is -2.43. The molecule has 1 aliphatic carbocycles. The summed E-state index contributed by atoms with van der Waals surface area (Å²) in [5.74, 6) is 1.53. The first-order valence-corrected chi connectivity index (χ1v) is 11.6. The van der Waals surface area contributed by atoms with Gasteiger partial charge in [0.15, 0.2) is 11.5 Å². The van der Waals surface area contributed by atoms with E-state index >= 15 is 0 Å². The van der Waals surface area contributed by atoms with Crippen molar-refractivity contribution < 1.29 is 19.1 Å². The average Bonchev–Trinajstić information content (AvgIpc) is 2.83. The zero-order chi connectivity index (χ0) is 22.8. The molecule has 2 heterocycles. The Bertz CT molecular complexity index is 892. The van der Waals surface area contributed by atoms with Crippen LogP contribution in [0.5, 0.6) is 11.5 Å². The molecule has 0 radical (unpaired) electrons. The third-order valence-corrected chi connectivity index (χ3v) is 7.07. The Morgan fingerprint density at radius 3 is 2.34 bits per heavy atom. The van der Waals surface area contributed by atoms with E-state index in [1.54, 1.807) is 31.1 Å². The zero-order valence-corrected chi connectivity index (χ0v) is 19.3. The molecular formula is C24H34N4O4. The van der Waals surface area contributed by atoms with Gasteiger partial charge in [0.25, 0.3) is 0 Å². The highest BCUT2D eigenvalue weighted by Crippen LogP contribution is 2.40. The molecule has 0 bridgehead atoms. The summed E-state index contributed by atoms with van der Waals surface area (Å²) in [6, 6.07) is 5.36. The monoisotopic (exact) mass is 442 g/mol. The molecule has 0 spiro atoms. The second-order valence-corrected chi connectivity index (χ2v) is 9.08. The summed E-state index contributed by atoms with van der Waals surface area (Å²) in [4.78, 5) is 27.5. The Morgan fingerprint density at radius 1 is 1.06 bits per heavy atom. The number of hydrogen-bond donors (Lipinski definition) is 1. The molecule has 1 aromatic carbocycles. The maximum atomic E-state index is 13.5. The molecule has 1 aromatic rings. The van der Waals surface area contributed by atoms with Gasteiger partial charge in [-0.15, -0.1) is 0 Å². The van der Waals surface area contributed by atoms with Crippen LogP contribution in [0.3, 0.4) is 0 Å². The van der Waals surface area contributed by atoms with Crippen molar-refractivity contribution in [1.82, 2.24) is 9.91 Å². The van der Waals surface area contributed by atoms with Crippen LogP contribution in [0.4, 0.5) is 0 Å². The molecule has 0 aromatic heterocycles. The third kappa shape index (κ3) is 4.20. The van der Waals surface area contributed by atoms with Crippen molar-refractivity contribution in [1.29, 1.82) is 0 Å². The fourth-order valence-corrected chi connectivity index (χ4v) is 5.31. The molecule has 2 amide bonds. The maximum Gasteiger partial charge on any atom is 0.246 e. The van der Waals surface area contributed by atoms with Gasteiger partial charge in [0, 0.05) is 30.5 Å². The van der Waals surface area contributed by atoms with E-state index in [4.69, 9.17) is 20.3 Å². The van der Waals surface area contributed by atoms with Gasteiger partial charge >= 0.3 is 0 Å². The van der Waals surface area contributed by atoms with Crippen molar-refractivity contribution in [3.05, 3.63) is 23.8 Å². The van der Waals surface area contributed by atoms with Crippen molar-refractivity contribution in [3.8, 4) is 11.5 Å². The summed E-state index contributed by atoms with van der Waals surface area (Å²) in [6.07, 6.45) is 5.47. The highest BCUT2D eigenvalue weighted by Gasteiger charge is 2.44. The van der Waals surface area contributed by atoms with Crippen LogP contribution >= 0.6 is 0 Å². The van der Waals surface area contributed by atoms with Gasteiger partial charge in [0.05, 0.1) is 32.0 Å². The van der Waals surface area contributed by atoms with Gasteiger partial charge in [0.2, 0.25) is 11.8 Å². The number of ether oxygens (including phenoxy) is 2. The Morgan fingerprint density at radius 2 is 1.72 bits per heavy atom. The quantitative estimate of drug-likeness (QED) is 0.755. The number of carbonyl (C=O) groups is 2. The molecule has 0 unspecified atom stereocenters. The highest BCUT2D eigenvalue weighted by atomic mass is 16.5. The van der Waals surface area contributed by atoms with Gasteiger partial charge < -0.3 is 20.1 Å². The summed E-state index contributed by atoms with van der Waals surface area (Å²) in [7, 11) is 3.25. The molecule has 174 valence electrons. The fraction of sp³-hybridized carbons (Fsp3) is 0.625. The number of hydrogen-bond acceptors (Lipinski definition) is 6. The predicted octanol–water partition coefficient (Wildman–Crippen LogP) is 2.39. The van der Waals surface area contributed by atoms with Crippen LogP contribution in [0, 0.1) is 11.8 Å². The number of nitrogens with zero attached hydrogens (tertiary/aromatic N) is 3. The van der Waals surface area contributed by atoms with E-state index in [0.29, 0.717) is 37.4 Å². The number of hydrazone groups is 1. The van der Waals surface area contributed by atoms with Gasteiger partial charge in [0.1, 0.15) is 0 Å². The number of fused-ring (bicyclic) bond motifs is 1. The Labute approximate surface area is 189 Å². The van der Waals surface area contributed by atoms with E-state index in [1.165, 1.54) is 0 Å². The lowest BCUT2D eigenvalue weighted by molar-refractivity contribution is -0.143. The van der Waals surface area contributed by atoms with Crippen LogP contribution in [-0.2, 0) is 9.59 Å². The smallest absolute Gasteiger partial charge is 0.246 e. The Balaban J connectivity index is 1.63. The van der Waals surface area contributed by atoms with E-state index in [-0.39, 0.29) is 29.7 Å². The van der Waals surface area contributed by atoms with Crippen molar-refractivity contribution in [2.24, 2.45) is 22.7 Å². The molecule has 8 nitrogen and oxygen atoms in total.